The van der Waals surface area contributed by atoms with E-state index in [4.69, 9.17) is 4.74 Å². The first-order chi connectivity index (χ1) is 12.2. The van der Waals surface area contributed by atoms with Gasteiger partial charge in [-0.05, 0) is 48.0 Å². The Morgan fingerprint density at radius 1 is 1.08 bits per heavy atom. The average molecular weight is 336 g/mol. The molecule has 0 aliphatic carbocycles. The smallest absolute Gasteiger partial charge is 0.261 e. The number of amides is 1. The lowest BCUT2D eigenvalue weighted by atomic mass is 10.1. The number of nitrogens with zero attached hydrogens (tertiary/aromatic N) is 2. The summed E-state index contributed by atoms with van der Waals surface area (Å²) in [5, 5.41) is 0. The Morgan fingerprint density at radius 3 is 2.48 bits per heavy atom. The zero-order chi connectivity index (χ0) is 17.6. The fourth-order valence-electron chi connectivity index (χ4n) is 2.50. The van der Waals surface area contributed by atoms with E-state index < -0.39 is 11.7 Å². The van der Waals surface area contributed by atoms with Gasteiger partial charge < -0.3 is 9.64 Å². The summed E-state index contributed by atoms with van der Waals surface area (Å²) in [4.78, 5) is 18.6. The van der Waals surface area contributed by atoms with Crippen LogP contribution in [-0.4, -0.2) is 18.0 Å². The molecule has 0 fully saturated rings. The standard InChI is InChI=1S/C20H17FN2O2/c1-25-17-10-8-16(9-11-17)23(14-15-5-4-12-22-13-15)20(24)18-6-2-3-7-19(18)21/h2-13H,14H2,1H3. The van der Waals surface area contributed by atoms with Crippen molar-refractivity contribution < 1.29 is 13.9 Å². The SMILES string of the molecule is COc1ccc(N(Cc2cccnc2)C(=O)c2ccccc2F)cc1. The highest BCUT2D eigenvalue weighted by Crippen LogP contribution is 2.24. The van der Waals surface area contributed by atoms with E-state index in [2.05, 4.69) is 4.98 Å². The highest BCUT2D eigenvalue weighted by molar-refractivity contribution is 6.06. The molecule has 3 rings (SSSR count). The van der Waals surface area contributed by atoms with Crippen LogP contribution in [0.4, 0.5) is 10.1 Å². The van der Waals surface area contributed by atoms with E-state index in [9.17, 15) is 9.18 Å². The molecule has 4 nitrogen and oxygen atoms in total. The van der Waals surface area contributed by atoms with Gasteiger partial charge in [-0.3, -0.25) is 9.78 Å². The Hall–Kier alpha value is -3.21. The van der Waals surface area contributed by atoms with Crippen LogP contribution in [0.1, 0.15) is 15.9 Å². The first-order valence-corrected chi connectivity index (χ1v) is 7.78. The zero-order valence-corrected chi connectivity index (χ0v) is 13.7. The molecule has 126 valence electrons. The second kappa shape index (κ2) is 7.57. The summed E-state index contributed by atoms with van der Waals surface area (Å²) in [7, 11) is 1.58. The monoisotopic (exact) mass is 336 g/mol. The van der Waals surface area contributed by atoms with Crippen molar-refractivity contribution in [2.75, 3.05) is 12.0 Å². The van der Waals surface area contributed by atoms with Crippen LogP contribution in [0.5, 0.6) is 5.75 Å². The summed E-state index contributed by atoms with van der Waals surface area (Å²) in [5.74, 6) is -0.271. The van der Waals surface area contributed by atoms with Crippen LogP contribution in [0.15, 0.2) is 73.1 Å². The number of anilines is 1. The van der Waals surface area contributed by atoms with Gasteiger partial charge in [0.05, 0.1) is 19.2 Å². The number of ether oxygens (including phenoxy) is 1. The Morgan fingerprint density at radius 2 is 1.84 bits per heavy atom. The molecule has 0 N–H and O–H groups in total. The Balaban J connectivity index is 1.98. The molecule has 0 unspecified atom stereocenters. The Bertz CT molecular complexity index is 851. The number of carbonyl (C=O) groups is 1. The number of benzene rings is 2. The largest absolute Gasteiger partial charge is 0.497 e. The van der Waals surface area contributed by atoms with Crippen molar-refractivity contribution in [1.29, 1.82) is 0 Å². The lowest BCUT2D eigenvalue weighted by Crippen LogP contribution is -2.31. The van der Waals surface area contributed by atoms with Crippen molar-refractivity contribution in [3.63, 3.8) is 0 Å². The van der Waals surface area contributed by atoms with Crippen molar-refractivity contribution >= 4 is 11.6 Å². The van der Waals surface area contributed by atoms with E-state index in [1.54, 1.807) is 62.0 Å². The van der Waals surface area contributed by atoms with Gasteiger partial charge in [0.1, 0.15) is 11.6 Å². The van der Waals surface area contributed by atoms with Crippen LogP contribution in [-0.2, 0) is 6.54 Å². The minimum absolute atomic E-state index is 0.0298. The van der Waals surface area contributed by atoms with Gasteiger partial charge in [0.2, 0.25) is 0 Å². The third-order valence-electron chi connectivity index (χ3n) is 3.80. The van der Waals surface area contributed by atoms with Crippen LogP contribution in [0.3, 0.4) is 0 Å². The van der Waals surface area contributed by atoms with E-state index >= 15 is 0 Å². The number of carbonyl (C=O) groups excluding carboxylic acids is 1. The predicted molar refractivity (Wildman–Crippen MR) is 94.1 cm³/mol. The quantitative estimate of drug-likeness (QED) is 0.705. The summed E-state index contributed by atoms with van der Waals surface area (Å²) >= 11 is 0. The molecular weight excluding hydrogens is 319 g/mol. The zero-order valence-electron chi connectivity index (χ0n) is 13.7. The van der Waals surface area contributed by atoms with Gasteiger partial charge in [0.15, 0.2) is 0 Å². The van der Waals surface area contributed by atoms with Crippen molar-refractivity contribution in [2.24, 2.45) is 0 Å². The number of aromatic nitrogens is 1. The first-order valence-electron chi connectivity index (χ1n) is 7.78. The lowest BCUT2D eigenvalue weighted by molar-refractivity contribution is 0.0981. The number of hydrogen-bond donors (Lipinski definition) is 0. The van der Waals surface area contributed by atoms with Gasteiger partial charge in [-0.25, -0.2) is 4.39 Å². The molecule has 0 atom stereocenters. The summed E-state index contributed by atoms with van der Waals surface area (Å²) in [5.41, 5.74) is 1.53. The predicted octanol–water partition coefficient (Wildman–Crippen LogP) is 4.08. The molecule has 1 heterocycles. The van der Waals surface area contributed by atoms with E-state index in [1.165, 1.54) is 17.0 Å². The fraction of sp³-hybridized carbons (Fsp3) is 0.100. The van der Waals surface area contributed by atoms with Gasteiger partial charge in [-0.15, -0.1) is 0 Å². The van der Waals surface area contributed by atoms with Crippen LogP contribution in [0, 0.1) is 5.82 Å². The van der Waals surface area contributed by atoms with Gasteiger partial charge in [-0.1, -0.05) is 18.2 Å². The third-order valence-corrected chi connectivity index (χ3v) is 3.80. The molecule has 2 aromatic carbocycles. The number of methoxy groups -OCH3 is 1. The molecule has 0 aliphatic heterocycles. The molecule has 1 aromatic heterocycles. The minimum Gasteiger partial charge on any atom is -0.497 e. The van der Waals surface area contributed by atoms with E-state index in [1.807, 2.05) is 6.07 Å². The van der Waals surface area contributed by atoms with E-state index in [-0.39, 0.29) is 12.1 Å². The fourth-order valence-corrected chi connectivity index (χ4v) is 2.50. The van der Waals surface area contributed by atoms with Crippen molar-refractivity contribution in [3.05, 3.63) is 90.0 Å². The number of pyridine rings is 1. The molecule has 0 spiro atoms. The van der Waals surface area contributed by atoms with Crippen molar-refractivity contribution in [3.8, 4) is 5.75 Å². The maximum Gasteiger partial charge on any atom is 0.261 e. The van der Waals surface area contributed by atoms with Gasteiger partial charge in [0.25, 0.3) is 5.91 Å². The topological polar surface area (TPSA) is 42.4 Å². The maximum absolute atomic E-state index is 14.1. The normalized spacial score (nSPS) is 10.3. The summed E-state index contributed by atoms with van der Waals surface area (Å²) in [6.07, 6.45) is 3.35. The summed E-state index contributed by atoms with van der Waals surface area (Å²) in [6.45, 7) is 0.285. The molecular formula is C20H17FN2O2. The van der Waals surface area contributed by atoms with Crippen LogP contribution in [0.25, 0.3) is 0 Å². The Labute approximate surface area is 145 Å². The van der Waals surface area contributed by atoms with Crippen molar-refractivity contribution in [2.45, 2.75) is 6.54 Å². The van der Waals surface area contributed by atoms with E-state index in [0.29, 0.717) is 11.4 Å². The molecule has 0 bridgehead atoms. The summed E-state index contributed by atoms with van der Waals surface area (Å²) in [6, 6.07) is 16.7. The lowest BCUT2D eigenvalue weighted by Gasteiger charge is -2.23. The van der Waals surface area contributed by atoms with Crippen molar-refractivity contribution in [1.82, 2.24) is 4.98 Å². The average Bonchev–Trinajstić information content (AvgIpc) is 2.67. The van der Waals surface area contributed by atoms with Gasteiger partial charge >= 0.3 is 0 Å². The second-order valence-corrected chi connectivity index (χ2v) is 5.43. The first kappa shape index (κ1) is 16.6. The van der Waals surface area contributed by atoms with Crippen LogP contribution < -0.4 is 9.64 Å². The Kier molecular flexibility index (Phi) is 5.04. The van der Waals surface area contributed by atoms with Crippen LogP contribution >= 0.6 is 0 Å². The number of rotatable bonds is 5. The minimum atomic E-state index is -0.544. The van der Waals surface area contributed by atoms with Crippen LogP contribution in [0.2, 0.25) is 0 Å². The summed E-state index contributed by atoms with van der Waals surface area (Å²) < 4.78 is 19.3. The third kappa shape index (κ3) is 3.83. The molecule has 25 heavy (non-hydrogen) atoms. The van der Waals surface area contributed by atoms with Gasteiger partial charge in [-0.2, -0.15) is 0 Å². The van der Waals surface area contributed by atoms with Gasteiger partial charge in [0, 0.05) is 18.1 Å². The highest BCUT2D eigenvalue weighted by Gasteiger charge is 2.21. The maximum atomic E-state index is 14.1. The molecule has 0 radical (unpaired) electrons. The molecule has 3 aromatic rings. The van der Waals surface area contributed by atoms with E-state index in [0.717, 1.165) is 5.56 Å². The molecule has 0 aliphatic rings. The highest BCUT2D eigenvalue weighted by atomic mass is 19.1. The molecule has 5 heteroatoms. The molecule has 0 saturated heterocycles. The molecule has 0 saturated carbocycles. The number of halogens is 1. The second-order valence-electron chi connectivity index (χ2n) is 5.43. The molecule has 1 amide bonds. The number of hydrogen-bond acceptors (Lipinski definition) is 3.